The number of nitrogens with zero attached hydrogens (tertiary/aromatic N) is 1. The van der Waals surface area contributed by atoms with E-state index in [2.05, 4.69) is 28.4 Å². The molecule has 1 spiro atoms. The fourth-order valence-electron chi connectivity index (χ4n) is 4.29. The first-order valence-corrected chi connectivity index (χ1v) is 7.87. The van der Waals surface area contributed by atoms with E-state index in [0.29, 0.717) is 5.41 Å². The number of nitrogens with one attached hydrogen (secondary N) is 1. The third kappa shape index (κ3) is 2.61. The summed E-state index contributed by atoms with van der Waals surface area (Å²) < 4.78 is 0. The molecule has 20 heavy (non-hydrogen) atoms. The molecule has 3 heteroatoms. The number of rotatable bonds is 2. The number of likely N-dealkylation sites (tertiary alicyclic amines) is 1. The van der Waals surface area contributed by atoms with Gasteiger partial charge < -0.3 is 5.32 Å². The Balaban J connectivity index is 0.00000121. The van der Waals surface area contributed by atoms with Gasteiger partial charge in [-0.05, 0) is 67.3 Å². The van der Waals surface area contributed by atoms with Crippen LogP contribution >= 0.6 is 12.4 Å². The fourth-order valence-corrected chi connectivity index (χ4v) is 4.29. The van der Waals surface area contributed by atoms with Gasteiger partial charge in [-0.1, -0.05) is 18.2 Å². The van der Waals surface area contributed by atoms with Crippen LogP contribution < -0.4 is 5.32 Å². The van der Waals surface area contributed by atoms with Crippen LogP contribution in [0.3, 0.4) is 0 Å². The molecule has 1 atom stereocenters. The average Bonchev–Trinajstić information content (AvgIpc) is 3.12. The molecule has 0 aromatic heterocycles. The van der Waals surface area contributed by atoms with E-state index in [0.717, 1.165) is 6.54 Å². The first kappa shape index (κ1) is 14.4. The van der Waals surface area contributed by atoms with E-state index < -0.39 is 0 Å². The van der Waals surface area contributed by atoms with E-state index >= 15 is 0 Å². The molecule has 2 heterocycles. The molecule has 0 radical (unpaired) electrons. The van der Waals surface area contributed by atoms with Crippen LogP contribution in [0.15, 0.2) is 18.2 Å². The first-order valence-electron chi connectivity index (χ1n) is 7.87. The van der Waals surface area contributed by atoms with Gasteiger partial charge in [0.2, 0.25) is 0 Å². The van der Waals surface area contributed by atoms with Crippen LogP contribution in [0, 0.1) is 5.41 Å². The van der Waals surface area contributed by atoms with Gasteiger partial charge in [-0.3, -0.25) is 4.90 Å². The van der Waals surface area contributed by atoms with Crippen LogP contribution in [-0.4, -0.2) is 31.1 Å². The van der Waals surface area contributed by atoms with Crippen LogP contribution in [0.5, 0.6) is 0 Å². The lowest BCUT2D eigenvalue weighted by atomic mass is 9.86. The summed E-state index contributed by atoms with van der Waals surface area (Å²) in [7, 11) is 0. The maximum atomic E-state index is 3.55. The van der Waals surface area contributed by atoms with Crippen molar-refractivity contribution in [2.45, 2.75) is 38.6 Å². The molecule has 2 fully saturated rings. The Labute approximate surface area is 128 Å². The summed E-state index contributed by atoms with van der Waals surface area (Å²) in [4.78, 5) is 2.67. The second kappa shape index (κ2) is 5.67. The zero-order chi connectivity index (χ0) is 12.7. The number of benzene rings is 1. The predicted molar refractivity (Wildman–Crippen MR) is 85.5 cm³/mol. The number of fused-ring (bicyclic) bond motifs is 1. The third-order valence-electron chi connectivity index (χ3n) is 5.42. The average molecular weight is 293 g/mol. The summed E-state index contributed by atoms with van der Waals surface area (Å²) in [5.74, 6) is 0. The summed E-state index contributed by atoms with van der Waals surface area (Å²) in [6, 6.07) is 7.21. The standard InChI is InChI=1S/C17H24N2.ClH/c1-2-15-5-4-14(10-16(15)3-1)11-19-9-7-17(13-19)6-8-18-12-17;/h4-5,10,18H,1-3,6-9,11-13H2;1H. The first-order chi connectivity index (χ1) is 9.33. The Morgan fingerprint density at radius 1 is 1.15 bits per heavy atom. The molecule has 0 saturated carbocycles. The molecule has 0 amide bonds. The monoisotopic (exact) mass is 292 g/mol. The normalized spacial score (nSPS) is 28.8. The minimum Gasteiger partial charge on any atom is -0.316 e. The van der Waals surface area contributed by atoms with Crippen LogP contribution in [0.1, 0.15) is 36.0 Å². The van der Waals surface area contributed by atoms with E-state index in [4.69, 9.17) is 0 Å². The Bertz CT molecular complexity index is 480. The van der Waals surface area contributed by atoms with Gasteiger partial charge in [0.15, 0.2) is 0 Å². The van der Waals surface area contributed by atoms with Crippen molar-refractivity contribution in [3.8, 4) is 0 Å². The van der Waals surface area contributed by atoms with Crippen molar-refractivity contribution >= 4 is 12.4 Å². The lowest BCUT2D eigenvalue weighted by molar-refractivity contribution is 0.268. The molecule has 1 unspecified atom stereocenters. The lowest BCUT2D eigenvalue weighted by Crippen LogP contribution is -2.28. The molecule has 0 bridgehead atoms. The number of hydrogen-bond acceptors (Lipinski definition) is 2. The van der Waals surface area contributed by atoms with Crippen LogP contribution in [0.2, 0.25) is 0 Å². The zero-order valence-electron chi connectivity index (χ0n) is 12.2. The third-order valence-corrected chi connectivity index (χ3v) is 5.42. The minimum absolute atomic E-state index is 0. The van der Waals surface area contributed by atoms with Crippen molar-refractivity contribution in [1.82, 2.24) is 10.2 Å². The van der Waals surface area contributed by atoms with E-state index in [-0.39, 0.29) is 12.4 Å². The molecule has 2 aliphatic heterocycles. The van der Waals surface area contributed by atoms with Crippen molar-refractivity contribution < 1.29 is 0 Å². The van der Waals surface area contributed by atoms with E-state index in [9.17, 15) is 0 Å². The van der Waals surface area contributed by atoms with Gasteiger partial charge in [0, 0.05) is 19.6 Å². The van der Waals surface area contributed by atoms with Crippen molar-refractivity contribution in [1.29, 1.82) is 0 Å². The van der Waals surface area contributed by atoms with Gasteiger partial charge in [0.05, 0.1) is 0 Å². The molecule has 2 nitrogen and oxygen atoms in total. The molecule has 1 aliphatic carbocycles. The van der Waals surface area contributed by atoms with Crippen molar-refractivity contribution in [3.63, 3.8) is 0 Å². The van der Waals surface area contributed by atoms with Gasteiger partial charge in [0.1, 0.15) is 0 Å². The second-order valence-electron chi connectivity index (χ2n) is 6.84. The Kier molecular flexibility index (Phi) is 4.07. The SMILES string of the molecule is Cl.c1cc2c(cc1CN1CCC3(CCNC3)C1)CCC2. The summed E-state index contributed by atoms with van der Waals surface area (Å²) in [5, 5.41) is 3.55. The van der Waals surface area contributed by atoms with Gasteiger partial charge in [-0.15, -0.1) is 12.4 Å². The summed E-state index contributed by atoms with van der Waals surface area (Å²) in [6.07, 6.45) is 6.74. The number of aryl methyl sites for hydroxylation is 2. The van der Waals surface area contributed by atoms with Gasteiger partial charge in [-0.25, -0.2) is 0 Å². The van der Waals surface area contributed by atoms with Gasteiger partial charge >= 0.3 is 0 Å². The molecule has 110 valence electrons. The van der Waals surface area contributed by atoms with E-state index in [1.165, 1.54) is 63.8 Å². The maximum absolute atomic E-state index is 3.55. The summed E-state index contributed by atoms with van der Waals surface area (Å²) >= 11 is 0. The summed E-state index contributed by atoms with van der Waals surface area (Å²) in [5.41, 5.74) is 5.36. The van der Waals surface area contributed by atoms with Crippen LogP contribution in [0.25, 0.3) is 0 Å². The predicted octanol–water partition coefficient (Wildman–Crippen LogP) is 2.78. The molecule has 1 N–H and O–H groups in total. The van der Waals surface area contributed by atoms with Gasteiger partial charge in [0.25, 0.3) is 0 Å². The topological polar surface area (TPSA) is 15.3 Å². The number of hydrogen-bond donors (Lipinski definition) is 1. The second-order valence-corrected chi connectivity index (χ2v) is 6.84. The largest absolute Gasteiger partial charge is 0.316 e. The molecule has 2 saturated heterocycles. The zero-order valence-corrected chi connectivity index (χ0v) is 13.0. The van der Waals surface area contributed by atoms with Crippen molar-refractivity contribution in [2.75, 3.05) is 26.2 Å². The van der Waals surface area contributed by atoms with Gasteiger partial charge in [-0.2, -0.15) is 0 Å². The van der Waals surface area contributed by atoms with Crippen LogP contribution in [-0.2, 0) is 19.4 Å². The molecular weight excluding hydrogens is 268 g/mol. The van der Waals surface area contributed by atoms with Crippen molar-refractivity contribution in [3.05, 3.63) is 34.9 Å². The fraction of sp³-hybridized carbons (Fsp3) is 0.647. The Morgan fingerprint density at radius 2 is 2.05 bits per heavy atom. The highest BCUT2D eigenvalue weighted by Crippen LogP contribution is 2.36. The Morgan fingerprint density at radius 3 is 2.90 bits per heavy atom. The molecule has 3 aliphatic rings. The molecule has 1 aromatic carbocycles. The quantitative estimate of drug-likeness (QED) is 0.902. The minimum atomic E-state index is 0. The summed E-state index contributed by atoms with van der Waals surface area (Å²) in [6.45, 7) is 6.23. The van der Waals surface area contributed by atoms with E-state index in [1.54, 1.807) is 11.1 Å². The highest BCUT2D eigenvalue weighted by atomic mass is 35.5. The highest BCUT2D eigenvalue weighted by Gasteiger charge is 2.39. The lowest BCUT2D eigenvalue weighted by Gasteiger charge is -2.23. The smallest absolute Gasteiger partial charge is 0.0234 e. The Hall–Kier alpha value is -0.570. The van der Waals surface area contributed by atoms with Crippen LogP contribution in [0.4, 0.5) is 0 Å². The molecule has 1 aromatic rings. The molecule has 4 rings (SSSR count). The highest BCUT2D eigenvalue weighted by molar-refractivity contribution is 5.85. The van der Waals surface area contributed by atoms with E-state index in [1.807, 2.05) is 0 Å². The number of halogens is 1. The maximum Gasteiger partial charge on any atom is 0.0234 e. The van der Waals surface area contributed by atoms with Crippen molar-refractivity contribution in [2.24, 2.45) is 5.41 Å². The molecular formula is C17H25ClN2.